The minimum Gasteiger partial charge on any atom is -0.465 e. The number of carboxylic acid groups (broad SMARTS) is 1. The van der Waals surface area contributed by atoms with Gasteiger partial charge in [0.1, 0.15) is 5.82 Å². The van der Waals surface area contributed by atoms with Crippen LogP contribution in [0.4, 0.5) is 4.79 Å². The van der Waals surface area contributed by atoms with Crippen molar-refractivity contribution in [1.29, 1.82) is 0 Å². The fraction of sp³-hybridized carbons (Fsp3) is 0.429. The number of piperidine rings is 1. The molecule has 2 heterocycles. The summed E-state index contributed by atoms with van der Waals surface area (Å²) in [5.41, 5.74) is 1.99. The van der Waals surface area contributed by atoms with Gasteiger partial charge in [0.05, 0.1) is 17.1 Å². The first kappa shape index (κ1) is 17.0. The number of benzene rings is 2. The number of rotatable bonds is 1. The number of hydrogen-bond donors (Lipinski definition) is 2. The molecule has 2 N–H and O–H groups in total. The van der Waals surface area contributed by atoms with Gasteiger partial charge in [-0.1, -0.05) is 48.8 Å². The molecule has 1 unspecified atom stereocenters. The van der Waals surface area contributed by atoms with E-state index in [0.717, 1.165) is 44.9 Å². The van der Waals surface area contributed by atoms with E-state index in [0.29, 0.717) is 0 Å². The van der Waals surface area contributed by atoms with E-state index in [4.69, 9.17) is 4.98 Å². The maximum absolute atomic E-state index is 12.0. The molecule has 140 valence electrons. The van der Waals surface area contributed by atoms with Crippen molar-refractivity contribution in [3.63, 3.8) is 0 Å². The molecule has 1 aliphatic carbocycles. The average molecular weight is 428 g/mol. The largest absolute Gasteiger partial charge is 0.465 e. The van der Waals surface area contributed by atoms with Crippen molar-refractivity contribution >= 4 is 43.8 Å². The Kier molecular flexibility index (Phi) is 3.32. The molecule has 1 saturated heterocycles. The molecule has 1 aromatic heterocycles. The van der Waals surface area contributed by atoms with Crippen molar-refractivity contribution in [2.75, 3.05) is 0 Å². The molecule has 3 atom stereocenters. The van der Waals surface area contributed by atoms with E-state index in [2.05, 4.69) is 59.9 Å². The predicted octanol–water partition coefficient (Wildman–Crippen LogP) is 5.71. The van der Waals surface area contributed by atoms with Gasteiger partial charge in [0.25, 0.3) is 0 Å². The van der Waals surface area contributed by atoms with E-state index in [-0.39, 0.29) is 22.9 Å². The van der Waals surface area contributed by atoms with Gasteiger partial charge in [-0.3, -0.25) is 4.90 Å². The van der Waals surface area contributed by atoms with Gasteiger partial charge in [0.2, 0.25) is 0 Å². The van der Waals surface area contributed by atoms with Crippen molar-refractivity contribution in [1.82, 2.24) is 14.9 Å². The molecule has 5 nitrogen and oxygen atoms in total. The van der Waals surface area contributed by atoms with Gasteiger partial charge in [-0.2, -0.15) is 0 Å². The van der Waals surface area contributed by atoms with Crippen LogP contribution in [0.2, 0.25) is 0 Å². The molecule has 6 heteroatoms. The number of nitrogens with zero attached hydrogens (tertiary/aromatic N) is 2. The molecule has 2 fully saturated rings. The Morgan fingerprint density at radius 2 is 2.07 bits per heavy atom. The molecular formula is C21H22BrN3O2. The second kappa shape index (κ2) is 5.25. The molecule has 0 spiro atoms. The zero-order chi connectivity index (χ0) is 19.1. The second-order valence-corrected chi connectivity index (χ2v) is 9.90. The van der Waals surface area contributed by atoms with Gasteiger partial charge in [-0.25, -0.2) is 9.78 Å². The standard InChI is InChI=1S/C21H22BrN3O2/c1-20(2,3)21-9-15(25(19(26)27)16(21)10-21)18-23-14-7-4-11-8-12(22)5-6-13(11)17(14)24-18/h4-8,15-16H,9-10H2,1-3H3,(H,23,24)(H,26,27)/t15-,16+,21?/m0/s1. The molecule has 1 amide bonds. The normalized spacial score (nSPS) is 27.3. The third kappa shape index (κ3) is 2.29. The first-order chi connectivity index (χ1) is 12.7. The van der Waals surface area contributed by atoms with Crippen LogP contribution >= 0.6 is 15.9 Å². The fourth-order valence-corrected chi connectivity index (χ4v) is 5.47. The summed E-state index contributed by atoms with van der Waals surface area (Å²) in [6.45, 7) is 6.66. The Hall–Kier alpha value is -2.08. The van der Waals surface area contributed by atoms with Gasteiger partial charge in [-0.05, 0) is 41.8 Å². The lowest BCUT2D eigenvalue weighted by molar-refractivity contribution is 0.128. The van der Waals surface area contributed by atoms with E-state index in [9.17, 15) is 9.90 Å². The van der Waals surface area contributed by atoms with Crippen molar-refractivity contribution in [2.24, 2.45) is 10.8 Å². The van der Waals surface area contributed by atoms with Gasteiger partial charge >= 0.3 is 6.09 Å². The highest BCUT2D eigenvalue weighted by Crippen LogP contribution is 2.70. The summed E-state index contributed by atoms with van der Waals surface area (Å²) < 4.78 is 1.04. The topological polar surface area (TPSA) is 69.2 Å². The van der Waals surface area contributed by atoms with Crippen LogP contribution in [-0.4, -0.2) is 32.1 Å². The molecule has 0 bridgehead atoms. The quantitative estimate of drug-likeness (QED) is 0.522. The average Bonchev–Trinajstić information content (AvgIpc) is 3.01. The molecule has 0 radical (unpaired) electrons. The second-order valence-electron chi connectivity index (χ2n) is 8.98. The molecule has 3 aromatic rings. The predicted molar refractivity (Wildman–Crippen MR) is 109 cm³/mol. The number of nitrogens with one attached hydrogen (secondary N) is 1. The molecule has 2 aromatic carbocycles. The van der Waals surface area contributed by atoms with Crippen molar-refractivity contribution < 1.29 is 9.90 Å². The van der Waals surface area contributed by atoms with Gasteiger partial charge in [-0.15, -0.1) is 0 Å². The summed E-state index contributed by atoms with van der Waals surface area (Å²) in [7, 11) is 0. The summed E-state index contributed by atoms with van der Waals surface area (Å²) in [5, 5.41) is 12.1. The van der Waals surface area contributed by atoms with E-state index in [1.807, 2.05) is 12.1 Å². The first-order valence-electron chi connectivity index (χ1n) is 9.30. The van der Waals surface area contributed by atoms with Crippen molar-refractivity contribution in [3.8, 4) is 0 Å². The Balaban J connectivity index is 1.62. The van der Waals surface area contributed by atoms with Crippen LogP contribution in [0.3, 0.4) is 0 Å². The summed E-state index contributed by atoms with van der Waals surface area (Å²) in [6, 6.07) is 10.1. The van der Waals surface area contributed by atoms with Crippen LogP contribution in [0.1, 0.15) is 45.5 Å². The molecule has 1 saturated carbocycles. The third-order valence-corrected chi connectivity index (χ3v) is 7.24. The number of amides is 1. The lowest BCUT2D eigenvalue weighted by Gasteiger charge is -2.29. The van der Waals surface area contributed by atoms with Crippen LogP contribution in [0, 0.1) is 10.8 Å². The number of hydrogen-bond acceptors (Lipinski definition) is 2. The number of imidazole rings is 1. The maximum Gasteiger partial charge on any atom is 0.408 e. The molecule has 5 rings (SSSR count). The van der Waals surface area contributed by atoms with Gasteiger partial charge < -0.3 is 10.1 Å². The summed E-state index contributed by atoms with van der Waals surface area (Å²) in [4.78, 5) is 21.9. The Morgan fingerprint density at radius 1 is 1.30 bits per heavy atom. The molecule has 27 heavy (non-hydrogen) atoms. The van der Waals surface area contributed by atoms with Gasteiger partial charge in [0.15, 0.2) is 0 Å². The van der Waals surface area contributed by atoms with Crippen LogP contribution in [0.5, 0.6) is 0 Å². The van der Waals surface area contributed by atoms with Gasteiger partial charge in [0, 0.05) is 21.3 Å². The zero-order valence-corrected chi connectivity index (χ0v) is 17.2. The summed E-state index contributed by atoms with van der Waals surface area (Å²) in [5.74, 6) is 0.763. The molecule has 2 aliphatic rings. The lowest BCUT2D eigenvalue weighted by atomic mass is 9.75. The van der Waals surface area contributed by atoms with Crippen LogP contribution in [0.15, 0.2) is 34.8 Å². The minimum absolute atomic E-state index is 0.0575. The number of halogens is 1. The van der Waals surface area contributed by atoms with Crippen LogP contribution < -0.4 is 0 Å². The first-order valence-corrected chi connectivity index (χ1v) is 10.1. The summed E-state index contributed by atoms with van der Waals surface area (Å²) in [6.07, 6.45) is 0.940. The monoisotopic (exact) mass is 427 g/mol. The van der Waals surface area contributed by atoms with E-state index < -0.39 is 6.09 Å². The number of aromatic amines is 1. The Bertz CT molecular complexity index is 1100. The van der Waals surface area contributed by atoms with Crippen LogP contribution in [-0.2, 0) is 0 Å². The Morgan fingerprint density at radius 3 is 2.78 bits per heavy atom. The van der Waals surface area contributed by atoms with Crippen molar-refractivity contribution in [2.45, 2.75) is 45.7 Å². The van der Waals surface area contributed by atoms with Crippen molar-refractivity contribution in [3.05, 3.63) is 40.6 Å². The zero-order valence-electron chi connectivity index (χ0n) is 15.6. The fourth-order valence-electron chi connectivity index (χ4n) is 5.10. The maximum atomic E-state index is 12.0. The number of carbonyl (C=O) groups is 1. The third-order valence-electron chi connectivity index (χ3n) is 6.75. The molecule has 1 aliphatic heterocycles. The number of H-pyrrole nitrogens is 1. The Labute approximate surface area is 165 Å². The highest BCUT2D eigenvalue weighted by molar-refractivity contribution is 9.10. The number of aromatic nitrogens is 2. The smallest absolute Gasteiger partial charge is 0.408 e. The number of fused-ring (bicyclic) bond motifs is 4. The SMILES string of the molecule is CC(C)(C)C12C[C@@H](c3nc4ccc5cc(Br)ccc5c4[nH]3)N(C(=O)O)[C@@H]1C2. The highest BCUT2D eigenvalue weighted by atomic mass is 79.9. The summed E-state index contributed by atoms with van der Waals surface area (Å²) >= 11 is 3.52. The number of likely N-dealkylation sites (tertiary alicyclic amines) is 1. The minimum atomic E-state index is -0.845. The highest BCUT2D eigenvalue weighted by Gasteiger charge is 2.71. The lowest BCUT2D eigenvalue weighted by Crippen LogP contribution is -2.33. The van der Waals surface area contributed by atoms with E-state index >= 15 is 0 Å². The van der Waals surface area contributed by atoms with E-state index in [1.54, 1.807) is 4.90 Å². The molecular weight excluding hydrogens is 406 g/mol. The van der Waals surface area contributed by atoms with E-state index in [1.165, 1.54) is 0 Å². The van der Waals surface area contributed by atoms with Crippen LogP contribution in [0.25, 0.3) is 21.8 Å².